The summed E-state index contributed by atoms with van der Waals surface area (Å²) < 4.78 is 0. The summed E-state index contributed by atoms with van der Waals surface area (Å²) in [6.07, 6.45) is 4.66. The van der Waals surface area contributed by atoms with E-state index in [9.17, 15) is 19.5 Å². The van der Waals surface area contributed by atoms with Crippen molar-refractivity contribution in [1.82, 2.24) is 0 Å². The molecule has 1 saturated carbocycles. The summed E-state index contributed by atoms with van der Waals surface area (Å²) in [5.41, 5.74) is 2.41. The number of allylic oxidation sites excluding steroid dienone is 1. The van der Waals surface area contributed by atoms with Crippen LogP contribution in [0.1, 0.15) is 43.9 Å². The number of carbonyl (C=O) groups excluding carboxylic acids is 3. The van der Waals surface area contributed by atoms with Crippen LogP contribution in [0.25, 0.3) is 6.08 Å². The van der Waals surface area contributed by atoms with Gasteiger partial charge in [-0.3, -0.25) is 14.4 Å². The molecule has 1 aliphatic rings. The van der Waals surface area contributed by atoms with Crippen LogP contribution in [0.15, 0.2) is 84.9 Å². The van der Waals surface area contributed by atoms with E-state index in [0.29, 0.717) is 17.8 Å². The van der Waals surface area contributed by atoms with Gasteiger partial charge >= 0.3 is 0 Å². The second kappa shape index (κ2) is 12.2. The quantitative estimate of drug-likeness (QED) is 0.331. The molecule has 1 aliphatic carbocycles. The van der Waals surface area contributed by atoms with Gasteiger partial charge < -0.3 is 15.7 Å². The Bertz CT molecular complexity index is 1360. The Labute approximate surface area is 230 Å². The van der Waals surface area contributed by atoms with Gasteiger partial charge in [0.25, 0.3) is 0 Å². The van der Waals surface area contributed by atoms with Crippen LogP contribution in [0.5, 0.6) is 0 Å². The van der Waals surface area contributed by atoms with Crippen LogP contribution in [-0.2, 0) is 27.2 Å². The third kappa shape index (κ3) is 6.35. The monoisotopic (exact) mass is 524 g/mol. The predicted molar refractivity (Wildman–Crippen MR) is 155 cm³/mol. The molecular weight excluding hydrogens is 488 g/mol. The lowest BCUT2D eigenvalue weighted by atomic mass is 9.63. The van der Waals surface area contributed by atoms with E-state index in [-0.39, 0.29) is 6.42 Å². The van der Waals surface area contributed by atoms with Gasteiger partial charge in [0.15, 0.2) is 0 Å². The Morgan fingerprint density at radius 2 is 1.36 bits per heavy atom. The third-order valence-electron chi connectivity index (χ3n) is 7.51. The average Bonchev–Trinajstić information content (AvgIpc) is 2.92. The van der Waals surface area contributed by atoms with Gasteiger partial charge in [-0.2, -0.15) is 0 Å². The Morgan fingerprint density at radius 1 is 0.846 bits per heavy atom. The van der Waals surface area contributed by atoms with Gasteiger partial charge in [-0.1, -0.05) is 92.7 Å². The molecule has 3 aromatic rings. The molecule has 0 spiro atoms. The molecule has 4 unspecified atom stereocenters. The zero-order chi connectivity index (χ0) is 28.0. The molecule has 0 saturated heterocycles. The number of ketones is 1. The van der Waals surface area contributed by atoms with Crippen molar-refractivity contribution in [3.8, 4) is 0 Å². The van der Waals surface area contributed by atoms with Crippen molar-refractivity contribution >= 4 is 35.0 Å². The molecule has 1 fully saturated rings. The third-order valence-corrected chi connectivity index (χ3v) is 7.51. The summed E-state index contributed by atoms with van der Waals surface area (Å²) in [4.78, 5) is 41.0. The molecular formula is C33H36N2O4. The van der Waals surface area contributed by atoms with E-state index in [1.807, 2.05) is 86.6 Å². The number of hydrogen-bond acceptors (Lipinski definition) is 4. The van der Waals surface area contributed by atoms with Gasteiger partial charge in [0, 0.05) is 23.7 Å². The minimum Gasteiger partial charge on any atom is -0.389 e. The number of amides is 2. The van der Waals surface area contributed by atoms with E-state index in [4.69, 9.17) is 0 Å². The molecule has 39 heavy (non-hydrogen) atoms. The van der Waals surface area contributed by atoms with Gasteiger partial charge in [0.1, 0.15) is 11.7 Å². The number of para-hydroxylation sites is 2. The van der Waals surface area contributed by atoms with Gasteiger partial charge in [0.2, 0.25) is 11.8 Å². The number of anilines is 2. The second-order valence-corrected chi connectivity index (χ2v) is 10.3. The molecule has 0 heterocycles. The fraction of sp³-hybridized carbons (Fsp3) is 0.303. The lowest BCUT2D eigenvalue weighted by molar-refractivity contribution is -0.152. The molecule has 0 aromatic heterocycles. The molecule has 4 atom stereocenters. The molecule has 6 heteroatoms. The molecule has 4 rings (SSSR count). The highest BCUT2D eigenvalue weighted by molar-refractivity contribution is 6.10. The number of rotatable bonds is 8. The van der Waals surface area contributed by atoms with Gasteiger partial charge in [0.05, 0.1) is 11.5 Å². The summed E-state index contributed by atoms with van der Waals surface area (Å²) in [5.74, 6) is -4.37. The molecule has 0 radical (unpaired) electrons. The summed E-state index contributed by atoms with van der Waals surface area (Å²) in [6.45, 7) is 5.50. The first-order valence-electron chi connectivity index (χ1n) is 13.5. The van der Waals surface area contributed by atoms with E-state index < -0.39 is 41.0 Å². The first-order valence-corrected chi connectivity index (χ1v) is 13.5. The molecule has 0 bridgehead atoms. The summed E-state index contributed by atoms with van der Waals surface area (Å²) >= 11 is 0. The summed E-state index contributed by atoms with van der Waals surface area (Å²) in [6, 6.07) is 24.4. The predicted octanol–water partition coefficient (Wildman–Crippen LogP) is 5.67. The van der Waals surface area contributed by atoms with Crippen LogP contribution < -0.4 is 10.6 Å². The number of aryl methyl sites for hydroxylation is 2. The molecule has 2 amide bonds. The van der Waals surface area contributed by atoms with E-state index in [1.165, 1.54) is 6.92 Å². The van der Waals surface area contributed by atoms with Crippen molar-refractivity contribution in [2.24, 2.45) is 17.8 Å². The molecule has 0 aliphatic heterocycles. The smallest absolute Gasteiger partial charge is 0.235 e. The molecule has 202 valence electrons. The number of nitrogens with one attached hydrogen (secondary N) is 2. The van der Waals surface area contributed by atoms with Crippen molar-refractivity contribution in [1.29, 1.82) is 0 Å². The van der Waals surface area contributed by atoms with Crippen molar-refractivity contribution in [2.75, 3.05) is 10.6 Å². The van der Waals surface area contributed by atoms with Crippen molar-refractivity contribution in [3.05, 3.63) is 102 Å². The Balaban J connectivity index is 1.74. The summed E-state index contributed by atoms with van der Waals surface area (Å²) in [5, 5.41) is 17.4. The maximum atomic E-state index is 13.9. The normalized spacial score (nSPS) is 23.0. The molecule has 3 N–H and O–H groups in total. The number of carbonyl (C=O) groups is 3. The number of aliphatic hydroxyl groups is 1. The Morgan fingerprint density at radius 3 is 1.92 bits per heavy atom. The highest BCUT2D eigenvalue weighted by Crippen LogP contribution is 2.42. The van der Waals surface area contributed by atoms with Gasteiger partial charge in [-0.15, -0.1) is 0 Å². The second-order valence-electron chi connectivity index (χ2n) is 10.3. The van der Waals surface area contributed by atoms with Crippen LogP contribution in [0.4, 0.5) is 11.4 Å². The van der Waals surface area contributed by atoms with Crippen molar-refractivity contribution in [3.63, 3.8) is 0 Å². The van der Waals surface area contributed by atoms with Crippen molar-refractivity contribution in [2.45, 2.75) is 45.6 Å². The van der Waals surface area contributed by atoms with Gasteiger partial charge in [-0.05, 0) is 48.6 Å². The highest BCUT2D eigenvalue weighted by atomic mass is 16.3. The fourth-order valence-corrected chi connectivity index (χ4v) is 5.50. The largest absolute Gasteiger partial charge is 0.389 e. The SMILES string of the molecule is CCc1ccccc1NC(=O)C1C(=O)CC(C)(O)C(C(=O)Nc2ccccc2CC)C1/C=C/c1ccccc1. The van der Waals surface area contributed by atoms with E-state index in [2.05, 4.69) is 10.6 Å². The number of benzene rings is 3. The van der Waals surface area contributed by atoms with E-state index >= 15 is 0 Å². The van der Waals surface area contributed by atoms with E-state index in [0.717, 1.165) is 23.1 Å². The minimum atomic E-state index is -1.65. The van der Waals surface area contributed by atoms with Crippen LogP contribution in [-0.4, -0.2) is 28.3 Å². The first-order chi connectivity index (χ1) is 18.7. The van der Waals surface area contributed by atoms with Crippen LogP contribution in [0.2, 0.25) is 0 Å². The lowest BCUT2D eigenvalue weighted by Crippen LogP contribution is -2.57. The topological polar surface area (TPSA) is 95.5 Å². The van der Waals surface area contributed by atoms with E-state index in [1.54, 1.807) is 18.2 Å². The molecule has 3 aromatic carbocycles. The Hall–Kier alpha value is -4.03. The number of Topliss-reactive ketones (excluding diaryl/α,β-unsaturated/α-hetero) is 1. The lowest BCUT2D eigenvalue weighted by Gasteiger charge is -2.43. The average molecular weight is 525 g/mol. The maximum Gasteiger partial charge on any atom is 0.235 e. The standard InChI is InChI=1S/C33H36N2O4/c1-4-23-15-9-11-17-26(23)34-31(37)29-25(20-19-22-13-7-6-8-14-22)30(33(3,39)21-28(29)36)32(38)35-27-18-12-10-16-24(27)5-2/h6-20,25,29-30,39H,4-5,21H2,1-3H3,(H,34,37)(H,35,38)/b20-19+. The zero-order valence-electron chi connectivity index (χ0n) is 22.7. The van der Waals surface area contributed by atoms with Crippen LogP contribution in [0, 0.1) is 17.8 Å². The zero-order valence-corrected chi connectivity index (χ0v) is 22.7. The maximum absolute atomic E-state index is 13.9. The Kier molecular flexibility index (Phi) is 8.77. The highest BCUT2D eigenvalue weighted by Gasteiger charge is 2.54. The first kappa shape index (κ1) is 28.0. The van der Waals surface area contributed by atoms with Gasteiger partial charge in [-0.25, -0.2) is 0 Å². The van der Waals surface area contributed by atoms with Crippen LogP contribution >= 0.6 is 0 Å². The summed E-state index contributed by atoms with van der Waals surface area (Å²) in [7, 11) is 0. The van der Waals surface area contributed by atoms with Crippen molar-refractivity contribution < 1.29 is 19.5 Å². The number of hydrogen-bond donors (Lipinski definition) is 3. The fourth-order valence-electron chi connectivity index (χ4n) is 5.50. The molecule has 6 nitrogen and oxygen atoms in total. The van der Waals surface area contributed by atoms with Crippen LogP contribution in [0.3, 0.4) is 0 Å². The minimum absolute atomic E-state index is 0.302.